The van der Waals surface area contributed by atoms with Crippen molar-refractivity contribution in [1.29, 1.82) is 0 Å². The zero-order chi connectivity index (χ0) is 22.7. The van der Waals surface area contributed by atoms with Crippen LogP contribution < -0.4 is 19.7 Å². The summed E-state index contributed by atoms with van der Waals surface area (Å²) in [7, 11) is 1.60. The number of nitrogens with one attached hydrogen (secondary N) is 1. The van der Waals surface area contributed by atoms with Gasteiger partial charge < -0.3 is 14.8 Å². The molecule has 0 spiro atoms. The molecule has 0 unspecified atom stereocenters. The number of benzene rings is 2. The van der Waals surface area contributed by atoms with E-state index in [1.54, 1.807) is 25.3 Å². The van der Waals surface area contributed by atoms with Crippen molar-refractivity contribution in [2.45, 2.75) is 38.6 Å². The van der Waals surface area contributed by atoms with Crippen molar-refractivity contribution in [1.82, 2.24) is 5.32 Å². The zero-order valence-electron chi connectivity index (χ0n) is 18.3. The van der Waals surface area contributed by atoms with E-state index in [0.717, 1.165) is 29.3 Å². The monoisotopic (exact) mass is 498 g/mol. The topological polar surface area (TPSA) is 67.9 Å². The number of ether oxygens (including phenoxy) is 2. The maximum Gasteiger partial charge on any atom is 0.294 e. The molecule has 2 aliphatic rings. The van der Waals surface area contributed by atoms with Crippen LogP contribution in [0.5, 0.6) is 11.5 Å². The minimum absolute atomic E-state index is 0.0495. The van der Waals surface area contributed by atoms with Gasteiger partial charge >= 0.3 is 0 Å². The van der Waals surface area contributed by atoms with Gasteiger partial charge in [0.05, 0.1) is 17.3 Å². The number of hydrogen-bond donors (Lipinski definition) is 1. The molecule has 1 heterocycles. The molecule has 1 N–H and O–H groups in total. The quantitative estimate of drug-likeness (QED) is 0.594. The first kappa shape index (κ1) is 22.4. The van der Waals surface area contributed by atoms with E-state index >= 15 is 0 Å². The van der Waals surface area contributed by atoms with Crippen molar-refractivity contribution < 1.29 is 19.1 Å². The smallest absolute Gasteiger partial charge is 0.294 e. The molecule has 0 radical (unpaired) electrons. The van der Waals surface area contributed by atoms with Gasteiger partial charge in [-0.3, -0.25) is 14.5 Å². The second kappa shape index (κ2) is 9.77. The number of rotatable bonds is 5. The summed E-state index contributed by atoms with van der Waals surface area (Å²) in [6, 6.07) is 12.9. The average molecular weight is 499 g/mol. The fraction of sp³-hybridized carbons (Fsp3) is 0.360. The lowest BCUT2D eigenvalue weighted by Crippen LogP contribution is -2.48. The van der Waals surface area contributed by atoms with Crippen LogP contribution in [0, 0.1) is 5.92 Å². The molecule has 2 atom stereocenters. The van der Waals surface area contributed by atoms with Crippen LogP contribution >= 0.6 is 15.9 Å². The summed E-state index contributed by atoms with van der Waals surface area (Å²) >= 11 is 3.47. The molecule has 2 aromatic rings. The average Bonchev–Trinajstić information content (AvgIpc) is 2.78. The molecule has 2 amide bonds. The number of nitrogens with zero attached hydrogens (tertiary/aromatic N) is 1. The number of amides is 2. The highest BCUT2D eigenvalue weighted by Crippen LogP contribution is 2.36. The van der Waals surface area contributed by atoms with Crippen molar-refractivity contribution in [3.8, 4) is 11.5 Å². The minimum atomic E-state index is -0.345. The SMILES string of the molecule is COc1ccc(/C=C2\Oc3ccccc3N(CC(=O)N[C@@H]3CCCC[C@@H]3C)C2=O)cc1Br. The van der Waals surface area contributed by atoms with Crippen LogP contribution in [-0.4, -0.2) is 31.5 Å². The van der Waals surface area contributed by atoms with Gasteiger partial charge in [0.2, 0.25) is 5.91 Å². The molecule has 2 aromatic carbocycles. The van der Waals surface area contributed by atoms with Gasteiger partial charge in [0.1, 0.15) is 12.3 Å². The van der Waals surface area contributed by atoms with E-state index in [0.29, 0.717) is 23.1 Å². The first-order valence-electron chi connectivity index (χ1n) is 10.9. The van der Waals surface area contributed by atoms with Gasteiger partial charge in [-0.2, -0.15) is 0 Å². The Bertz CT molecular complexity index is 1050. The molecule has 4 rings (SSSR count). The molecule has 1 aliphatic heterocycles. The van der Waals surface area contributed by atoms with E-state index in [4.69, 9.17) is 9.47 Å². The molecule has 6 nitrogen and oxygen atoms in total. The Morgan fingerprint density at radius 2 is 2.03 bits per heavy atom. The number of carbonyl (C=O) groups excluding carboxylic acids is 2. The molecule has 0 saturated heterocycles. The van der Waals surface area contributed by atoms with Gasteiger partial charge in [0.25, 0.3) is 5.91 Å². The number of para-hydroxylation sites is 2. The number of carbonyl (C=O) groups is 2. The van der Waals surface area contributed by atoms with Crippen molar-refractivity contribution in [2.24, 2.45) is 5.92 Å². The number of halogens is 1. The molecule has 1 aliphatic carbocycles. The molecular formula is C25H27BrN2O4. The van der Waals surface area contributed by atoms with Crippen molar-refractivity contribution in [3.05, 3.63) is 58.3 Å². The second-order valence-electron chi connectivity index (χ2n) is 8.30. The third-order valence-electron chi connectivity index (χ3n) is 6.07. The molecule has 0 aromatic heterocycles. The summed E-state index contributed by atoms with van der Waals surface area (Å²) in [5.41, 5.74) is 1.37. The molecule has 7 heteroatoms. The number of fused-ring (bicyclic) bond motifs is 1. The van der Waals surface area contributed by atoms with E-state index in [2.05, 4.69) is 28.2 Å². The molecular weight excluding hydrogens is 472 g/mol. The van der Waals surface area contributed by atoms with Crippen LogP contribution in [-0.2, 0) is 9.59 Å². The fourth-order valence-corrected chi connectivity index (χ4v) is 4.83. The summed E-state index contributed by atoms with van der Waals surface area (Å²) in [4.78, 5) is 27.7. The fourth-order valence-electron chi connectivity index (χ4n) is 4.27. The Morgan fingerprint density at radius 1 is 1.25 bits per heavy atom. The summed E-state index contributed by atoms with van der Waals surface area (Å²) in [5.74, 6) is 1.36. The minimum Gasteiger partial charge on any atom is -0.496 e. The second-order valence-corrected chi connectivity index (χ2v) is 9.15. The predicted molar refractivity (Wildman–Crippen MR) is 128 cm³/mol. The lowest BCUT2D eigenvalue weighted by molar-refractivity contribution is -0.124. The van der Waals surface area contributed by atoms with Gasteiger partial charge in [-0.25, -0.2) is 0 Å². The number of anilines is 1. The predicted octanol–water partition coefficient (Wildman–Crippen LogP) is 4.92. The van der Waals surface area contributed by atoms with Crippen LogP contribution in [0.25, 0.3) is 6.08 Å². The third-order valence-corrected chi connectivity index (χ3v) is 6.68. The van der Waals surface area contributed by atoms with E-state index in [1.807, 2.05) is 30.3 Å². The third kappa shape index (κ3) is 4.83. The summed E-state index contributed by atoms with van der Waals surface area (Å²) in [5, 5.41) is 3.14. The Balaban J connectivity index is 1.58. The standard InChI is InChI=1S/C25H27BrN2O4/c1-16-7-3-4-8-19(16)27-24(29)15-28-20-9-5-6-10-22(20)32-23(25(28)30)14-17-11-12-21(31-2)18(26)13-17/h5-6,9-14,16,19H,3-4,7-8,15H2,1-2H3,(H,27,29)/b23-14-/t16-,19+/m0/s1. The van der Waals surface area contributed by atoms with Gasteiger partial charge in [0, 0.05) is 6.04 Å². The lowest BCUT2D eigenvalue weighted by Gasteiger charge is -2.32. The van der Waals surface area contributed by atoms with Crippen LogP contribution in [0.2, 0.25) is 0 Å². The molecule has 1 fully saturated rings. The van der Waals surface area contributed by atoms with E-state index in [9.17, 15) is 9.59 Å². The lowest BCUT2D eigenvalue weighted by atomic mass is 9.86. The van der Waals surface area contributed by atoms with Crippen molar-refractivity contribution >= 4 is 39.5 Å². The van der Waals surface area contributed by atoms with Gasteiger partial charge in [-0.05, 0) is 70.6 Å². The Labute approximate surface area is 196 Å². The number of methoxy groups -OCH3 is 1. The normalized spacial score (nSPS) is 21.7. The van der Waals surface area contributed by atoms with Crippen molar-refractivity contribution in [2.75, 3.05) is 18.6 Å². The van der Waals surface area contributed by atoms with Crippen LogP contribution in [0.15, 0.2) is 52.7 Å². The highest BCUT2D eigenvalue weighted by atomic mass is 79.9. The van der Waals surface area contributed by atoms with E-state index < -0.39 is 0 Å². The van der Waals surface area contributed by atoms with E-state index in [1.165, 1.54) is 11.3 Å². The first-order valence-corrected chi connectivity index (χ1v) is 11.7. The van der Waals surface area contributed by atoms with Crippen LogP contribution in [0.1, 0.15) is 38.2 Å². The maximum atomic E-state index is 13.3. The molecule has 32 heavy (non-hydrogen) atoms. The van der Waals surface area contributed by atoms with Gasteiger partial charge in [-0.15, -0.1) is 0 Å². The van der Waals surface area contributed by atoms with Gasteiger partial charge in [-0.1, -0.05) is 38.0 Å². The summed E-state index contributed by atoms with van der Waals surface area (Å²) in [6.07, 6.45) is 6.11. The van der Waals surface area contributed by atoms with Crippen LogP contribution in [0.4, 0.5) is 5.69 Å². The van der Waals surface area contributed by atoms with E-state index in [-0.39, 0.29) is 30.2 Å². The Kier molecular flexibility index (Phi) is 6.84. The Hall–Kier alpha value is -2.80. The molecule has 0 bridgehead atoms. The van der Waals surface area contributed by atoms with Crippen molar-refractivity contribution in [3.63, 3.8) is 0 Å². The maximum absolute atomic E-state index is 13.3. The first-order chi connectivity index (χ1) is 15.5. The largest absolute Gasteiger partial charge is 0.496 e. The summed E-state index contributed by atoms with van der Waals surface area (Å²) in [6.45, 7) is 2.12. The highest BCUT2D eigenvalue weighted by molar-refractivity contribution is 9.10. The Morgan fingerprint density at radius 3 is 2.78 bits per heavy atom. The zero-order valence-corrected chi connectivity index (χ0v) is 19.9. The van der Waals surface area contributed by atoms with Crippen LogP contribution in [0.3, 0.4) is 0 Å². The molecule has 168 valence electrons. The highest BCUT2D eigenvalue weighted by Gasteiger charge is 2.32. The molecule has 1 saturated carbocycles. The number of hydrogen-bond acceptors (Lipinski definition) is 4. The summed E-state index contributed by atoms with van der Waals surface area (Å²) < 4.78 is 12.0. The van der Waals surface area contributed by atoms with Gasteiger partial charge in [0.15, 0.2) is 11.5 Å².